The number of benzene rings is 1. The Kier molecular flexibility index (Phi) is 4.76. The molecule has 0 saturated carbocycles. The molecule has 0 aliphatic carbocycles. The van der Waals surface area contributed by atoms with E-state index in [4.69, 9.17) is 11.6 Å². The first kappa shape index (κ1) is 17.1. The second-order valence-electron chi connectivity index (χ2n) is 5.19. The average Bonchev–Trinajstić information content (AvgIpc) is 2.95. The monoisotopic (exact) mass is 371 g/mol. The third kappa shape index (κ3) is 3.68. The molecule has 8 heteroatoms. The molecule has 0 amide bonds. The van der Waals surface area contributed by atoms with E-state index in [1.807, 2.05) is 0 Å². The van der Waals surface area contributed by atoms with E-state index in [-0.39, 0.29) is 5.56 Å². The summed E-state index contributed by atoms with van der Waals surface area (Å²) in [6.07, 6.45) is 0.774. The molecule has 0 aliphatic rings. The van der Waals surface area contributed by atoms with Crippen molar-refractivity contribution < 1.29 is 13.2 Å². The van der Waals surface area contributed by atoms with E-state index in [1.54, 1.807) is 35.1 Å². The lowest BCUT2D eigenvalue weighted by Crippen LogP contribution is -2.31. The van der Waals surface area contributed by atoms with Crippen molar-refractivity contribution in [1.29, 1.82) is 0 Å². The Hall–Kier alpha value is -1.70. The maximum absolute atomic E-state index is 13.6. The van der Waals surface area contributed by atoms with Crippen LogP contribution in [-0.4, -0.2) is 26.9 Å². The van der Waals surface area contributed by atoms with E-state index in [0.29, 0.717) is 15.6 Å². The first-order valence-corrected chi connectivity index (χ1v) is 8.15. The molecule has 0 saturated heterocycles. The molecule has 126 valence electrons. The van der Waals surface area contributed by atoms with Crippen molar-refractivity contribution in [1.82, 2.24) is 13.7 Å². The van der Waals surface area contributed by atoms with Gasteiger partial charge in [-0.2, -0.15) is 13.2 Å². The standard InChI is InChI=1S/C16H13ClF3N3S/c1-22(24-13-6-8-23-9-7-21-14(23)10-13)15(16(18,19)20)11-2-4-12(17)5-3-11/h2-10,15H,1H3. The predicted octanol–water partition coefficient (Wildman–Crippen LogP) is 5.23. The highest BCUT2D eigenvalue weighted by Crippen LogP contribution is 2.42. The Morgan fingerprint density at radius 1 is 1.17 bits per heavy atom. The molecule has 3 aromatic rings. The van der Waals surface area contributed by atoms with Gasteiger partial charge in [0.2, 0.25) is 0 Å². The van der Waals surface area contributed by atoms with Gasteiger partial charge < -0.3 is 4.40 Å². The van der Waals surface area contributed by atoms with E-state index < -0.39 is 12.2 Å². The molecule has 0 fully saturated rings. The zero-order valence-corrected chi connectivity index (χ0v) is 14.1. The molecule has 0 radical (unpaired) electrons. The summed E-state index contributed by atoms with van der Waals surface area (Å²) in [5, 5.41) is 0.403. The molecule has 2 heterocycles. The highest BCUT2D eigenvalue weighted by atomic mass is 35.5. The highest BCUT2D eigenvalue weighted by molar-refractivity contribution is 7.97. The lowest BCUT2D eigenvalue weighted by molar-refractivity contribution is -0.169. The fraction of sp³-hybridized carbons (Fsp3) is 0.188. The van der Waals surface area contributed by atoms with E-state index in [1.165, 1.54) is 35.6 Å². The maximum Gasteiger partial charge on any atom is 0.408 e. The molecular weight excluding hydrogens is 359 g/mol. The van der Waals surface area contributed by atoms with E-state index in [0.717, 1.165) is 11.9 Å². The quantitative estimate of drug-likeness (QED) is 0.586. The van der Waals surface area contributed by atoms with Crippen LogP contribution in [0.15, 0.2) is 59.9 Å². The second-order valence-corrected chi connectivity index (χ2v) is 6.85. The van der Waals surface area contributed by atoms with Crippen LogP contribution in [0, 0.1) is 0 Å². The van der Waals surface area contributed by atoms with Crippen LogP contribution in [0.3, 0.4) is 0 Å². The van der Waals surface area contributed by atoms with Gasteiger partial charge in [-0.3, -0.25) is 0 Å². The Morgan fingerprint density at radius 2 is 1.88 bits per heavy atom. The van der Waals surface area contributed by atoms with Crippen LogP contribution in [-0.2, 0) is 0 Å². The lowest BCUT2D eigenvalue weighted by atomic mass is 10.1. The van der Waals surface area contributed by atoms with Crippen molar-refractivity contribution in [3.8, 4) is 0 Å². The van der Waals surface area contributed by atoms with Crippen molar-refractivity contribution in [2.24, 2.45) is 0 Å². The SMILES string of the molecule is CN(Sc1ccn2ccnc2c1)C(c1ccc(Cl)cc1)C(F)(F)F. The topological polar surface area (TPSA) is 20.5 Å². The minimum Gasteiger partial charge on any atom is -0.307 e. The van der Waals surface area contributed by atoms with Crippen molar-refractivity contribution in [3.63, 3.8) is 0 Å². The molecule has 0 bridgehead atoms. The Morgan fingerprint density at radius 3 is 2.54 bits per heavy atom. The van der Waals surface area contributed by atoms with Crippen LogP contribution in [0.2, 0.25) is 5.02 Å². The van der Waals surface area contributed by atoms with Gasteiger partial charge in [0, 0.05) is 28.5 Å². The van der Waals surface area contributed by atoms with Gasteiger partial charge in [0.25, 0.3) is 0 Å². The molecule has 0 N–H and O–H groups in total. The van der Waals surface area contributed by atoms with Crippen molar-refractivity contribution in [3.05, 3.63) is 65.6 Å². The van der Waals surface area contributed by atoms with Gasteiger partial charge in [-0.15, -0.1) is 0 Å². The third-order valence-corrected chi connectivity index (χ3v) is 4.69. The molecule has 1 unspecified atom stereocenters. The maximum atomic E-state index is 13.6. The van der Waals surface area contributed by atoms with E-state index in [2.05, 4.69) is 4.98 Å². The van der Waals surface area contributed by atoms with Gasteiger partial charge in [-0.1, -0.05) is 23.7 Å². The zero-order chi connectivity index (χ0) is 17.3. The van der Waals surface area contributed by atoms with E-state index >= 15 is 0 Å². The van der Waals surface area contributed by atoms with Crippen LogP contribution < -0.4 is 0 Å². The minimum atomic E-state index is -4.41. The summed E-state index contributed by atoms with van der Waals surface area (Å²) in [7, 11) is 1.42. The van der Waals surface area contributed by atoms with Crippen LogP contribution in [0.1, 0.15) is 11.6 Å². The minimum absolute atomic E-state index is 0.142. The average molecular weight is 372 g/mol. The smallest absolute Gasteiger partial charge is 0.307 e. The Bertz CT molecular complexity index is 832. The number of alkyl halides is 3. The lowest BCUT2D eigenvalue weighted by Gasteiger charge is -2.29. The fourth-order valence-electron chi connectivity index (χ4n) is 2.42. The molecule has 0 aliphatic heterocycles. The van der Waals surface area contributed by atoms with Crippen LogP contribution >= 0.6 is 23.5 Å². The summed E-state index contributed by atoms with van der Waals surface area (Å²) in [6, 6.07) is 7.48. The summed E-state index contributed by atoms with van der Waals surface area (Å²) in [6.45, 7) is 0. The number of pyridine rings is 1. The van der Waals surface area contributed by atoms with Crippen molar-refractivity contribution >= 4 is 29.2 Å². The van der Waals surface area contributed by atoms with Gasteiger partial charge >= 0.3 is 6.18 Å². The highest BCUT2D eigenvalue weighted by Gasteiger charge is 2.44. The van der Waals surface area contributed by atoms with E-state index in [9.17, 15) is 13.2 Å². The molecule has 0 spiro atoms. The molecule has 3 rings (SSSR count). The van der Waals surface area contributed by atoms with Gasteiger partial charge in [0.1, 0.15) is 11.7 Å². The van der Waals surface area contributed by atoms with Crippen LogP contribution in [0.5, 0.6) is 0 Å². The van der Waals surface area contributed by atoms with Gasteiger partial charge in [-0.25, -0.2) is 9.29 Å². The Balaban J connectivity index is 1.88. The van der Waals surface area contributed by atoms with Crippen molar-refractivity contribution in [2.75, 3.05) is 7.05 Å². The molecule has 1 atom stereocenters. The molecule has 1 aromatic carbocycles. The number of fused-ring (bicyclic) bond motifs is 1. The molecular formula is C16H13ClF3N3S. The summed E-state index contributed by atoms with van der Waals surface area (Å²) in [4.78, 5) is 4.82. The molecule has 24 heavy (non-hydrogen) atoms. The number of halogens is 4. The number of rotatable bonds is 4. The van der Waals surface area contributed by atoms with Crippen LogP contribution in [0.25, 0.3) is 5.65 Å². The third-order valence-electron chi connectivity index (χ3n) is 3.48. The molecule has 3 nitrogen and oxygen atoms in total. The van der Waals surface area contributed by atoms with Gasteiger partial charge in [-0.05, 0) is 48.8 Å². The summed E-state index contributed by atoms with van der Waals surface area (Å²) in [5.74, 6) is 0. The van der Waals surface area contributed by atoms with Gasteiger partial charge in [0.15, 0.2) is 0 Å². The van der Waals surface area contributed by atoms with Gasteiger partial charge in [0.05, 0.1) is 0 Å². The summed E-state index contributed by atoms with van der Waals surface area (Å²) < 4.78 is 43.7. The number of hydrogen-bond acceptors (Lipinski definition) is 3. The zero-order valence-electron chi connectivity index (χ0n) is 12.5. The predicted molar refractivity (Wildman–Crippen MR) is 89.1 cm³/mol. The summed E-state index contributed by atoms with van der Waals surface area (Å²) >= 11 is 6.80. The number of aromatic nitrogens is 2. The first-order chi connectivity index (χ1) is 11.3. The Labute approximate surface area is 146 Å². The number of nitrogens with zero attached hydrogens (tertiary/aromatic N) is 3. The largest absolute Gasteiger partial charge is 0.408 e. The first-order valence-electron chi connectivity index (χ1n) is 7.00. The second kappa shape index (κ2) is 6.66. The fourth-order valence-corrected chi connectivity index (χ4v) is 3.50. The molecule has 2 aromatic heterocycles. The van der Waals surface area contributed by atoms with Crippen LogP contribution in [0.4, 0.5) is 13.2 Å². The number of imidazole rings is 1. The van der Waals surface area contributed by atoms with Crippen molar-refractivity contribution in [2.45, 2.75) is 17.1 Å². The summed E-state index contributed by atoms with van der Waals surface area (Å²) in [5.41, 5.74) is 0.826. The normalized spacial score (nSPS) is 13.6. The number of hydrogen-bond donors (Lipinski definition) is 0.